The molecule has 5 heteroatoms. The molecule has 1 unspecified atom stereocenters. The van der Waals surface area contributed by atoms with Crippen LogP contribution in [0.25, 0.3) is 0 Å². The Morgan fingerprint density at radius 1 is 1.10 bits per heavy atom. The molecule has 1 aromatic rings. The van der Waals surface area contributed by atoms with Crippen LogP contribution in [-0.2, 0) is 4.79 Å². The molecule has 29 heavy (non-hydrogen) atoms. The zero-order chi connectivity index (χ0) is 21.6. The van der Waals surface area contributed by atoms with Crippen LogP contribution in [0.1, 0.15) is 59.1 Å². The number of allylic oxidation sites excluding steroid dienone is 5. The molecule has 0 amide bonds. The third kappa shape index (κ3) is 12.2. The average molecular weight is 417 g/mol. The molecule has 4 nitrogen and oxygen atoms in total. The molecule has 1 rings (SSSR count). The number of carboxylic acids is 1. The fourth-order valence-electron chi connectivity index (χ4n) is 2.70. The smallest absolute Gasteiger partial charge is 0.327 e. The van der Waals surface area contributed by atoms with Crippen LogP contribution in [0, 0.1) is 6.92 Å². The highest BCUT2D eigenvalue weighted by Gasteiger charge is 2.17. The molecule has 160 valence electrons. The van der Waals surface area contributed by atoms with E-state index in [1.165, 1.54) is 16.7 Å². The van der Waals surface area contributed by atoms with Gasteiger partial charge in [0.15, 0.2) is 0 Å². The van der Waals surface area contributed by atoms with E-state index in [-0.39, 0.29) is 0 Å². The first-order chi connectivity index (χ1) is 13.8. The van der Waals surface area contributed by atoms with E-state index in [4.69, 9.17) is 0 Å². The summed E-state index contributed by atoms with van der Waals surface area (Å²) in [6.45, 7) is 10.5. The number of nitrogens with zero attached hydrogens (tertiary/aromatic N) is 1. The van der Waals surface area contributed by atoms with Gasteiger partial charge in [0.05, 0.1) is 0 Å². The predicted molar refractivity (Wildman–Crippen MR) is 127 cm³/mol. The highest BCUT2D eigenvalue weighted by atomic mass is 32.2. The van der Waals surface area contributed by atoms with Crippen molar-refractivity contribution in [2.45, 2.75) is 66.3 Å². The summed E-state index contributed by atoms with van der Waals surface area (Å²) in [5.74, 6) is 1.08. The summed E-state index contributed by atoms with van der Waals surface area (Å²) in [5, 5.41) is 12.5. The van der Waals surface area contributed by atoms with E-state index in [1.54, 1.807) is 17.8 Å². The van der Waals surface area contributed by atoms with Crippen LogP contribution in [0.3, 0.4) is 0 Å². The van der Waals surface area contributed by atoms with E-state index in [1.807, 2.05) is 19.1 Å². The predicted octanol–water partition coefficient (Wildman–Crippen LogP) is 6.41. The molecule has 2 N–H and O–H groups in total. The lowest BCUT2D eigenvalue weighted by molar-refractivity contribution is -0.137. The van der Waals surface area contributed by atoms with Gasteiger partial charge >= 0.3 is 5.97 Å². The van der Waals surface area contributed by atoms with Crippen LogP contribution >= 0.6 is 11.8 Å². The standard InChI is InChI=1S/C24H36N2O2S/c1-18(2)9-6-10-19(3)11-7-12-20(4)15-16-29-17-22(24(27)28)26-23-14-8-13-21(5)25-23/h8-9,11,13-15,22H,6-7,10,12,16-17H2,1-5H3,(H,25,26)(H,27,28). The van der Waals surface area contributed by atoms with Crippen molar-refractivity contribution >= 4 is 23.5 Å². The number of carbonyl (C=O) groups is 1. The number of anilines is 1. The van der Waals surface area contributed by atoms with Crippen LogP contribution in [0.15, 0.2) is 53.1 Å². The van der Waals surface area contributed by atoms with Gasteiger partial charge in [-0.15, -0.1) is 0 Å². The van der Waals surface area contributed by atoms with Gasteiger partial charge in [-0.05, 0) is 72.4 Å². The molecule has 0 bridgehead atoms. The summed E-state index contributed by atoms with van der Waals surface area (Å²) in [5.41, 5.74) is 5.05. The van der Waals surface area contributed by atoms with Gasteiger partial charge in [-0.3, -0.25) is 0 Å². The van der Waals surface area contributed by atoms with Crippen LogP contribution in [0.4, 0.5) is 5.82 Å². The van der Waals surface area contributed by atoms with Crippen LogP contribution < -0.4 is 5.32 Å². The van der Waals surface area contributed by atoms with Gasteiger partial charge in [-0.1, -0.05) is 41.0 Å². The van der Waals surface area contributed by atoms with Crippen molar-refractivity contribution in [3.63, 3.8) is 0 Å². The number of aromatic nitrogens is 1. The molecule has 0 aliphatic rings. The zero-order valence-corrected chi connectivity index (χ0v) is 19.3. The molecule has 1 aromatic heterocycles. The van der Waals surface area contributed by atoms with Gasteiger partial charge in [0.1, 0.15) is 11.9 Å². The summed E-state index contributed by atoms with van der Waals surface area (Å²) in [6.07, 6.45) is 11.2. The van der Waals surface area contributed by atoms with Gasteiger partial charge < -0.3 is 10.4 Å². The molecule has 0 fully saturated rings. The van der Waals surface area contributed by atoms with Crippen LogP contribution in [0.2, 0.25) is 0 Å². The zero-order valence-electron chi connectivity index (χ0n) is 18.5. The first kappa shape index (κ1) is 25.0. The second kappa shape index (κ2) is 14.0. The fraction of sp³-hybridized carbons (Fsp3) is 0.500. The van der Waals surface area contributed by atoms with Gasteiger partial charge in [-0.25, -0.2) is 9.78 Å². The highest BCUT2D eigenvalue weighted by molar-refractivity contribution is 7.99. The first-order valence-corrected chi connectivity index (χ1v) is 11.4. The Balaban J connectivity index is 2.34. The van der Waals surface area contributed by atoms with Gasteiger partial charge in [0.25, 0.3) is 0 Å². The van der Waals surface area contributed by atoms with Crippen molar-refractivity contribution in [3.8, 4) is 0 Å². The number of hydrogen-bond acceptors (Lipinski definition) is 4. The van der Waals surface area contributed by atoms with Crippen molar-refractivity contribution < 1.29 is 9.90 Å². The maximum absolute atomic E-state index is 11.5. The lowest BCUT2D eigenvalue weighted by Crippen LogP contribution is -2.32. The van der Waals surface area contributed by atoms with Crippen molar-refractivity contribution in [3.05, 3.63) is 58.8 Å². The average Bonchev–Trinajstić information content (AvgIpc) is 2.63. The van der Waals surface area contributed by atoms with Crippen molar-refractivity contribution in [2.24, 2.45) is 0 Å². The van der Waals surface area contributed by atoms with Crippen molar-refractivity contribution in [1.29, 1.82) is 0 Å². The lowest BCUT2D eigenvalue weighted by atomic mass is 10.1. The van der Waals surface area contributed by atoms with Gasteiger partial charge in [0, 0.05) is 17.2 Å². The summed E-state index contributed by atoms with van der Waals surface area (Å²) in [7, 11) is 0. The fourth-order valence-corrected chi connectivity index (χ4v) is 3.70. The Labute approximate surface area is 180 Å². The number of thioether (sulfide) groups is 1. The molecular formula is C24H36N2O2S. The van der Waals surface area contributed by atoms with Crippen molar-refractivity contribution in [2.75, 3.05) is 16.8 Å². The van der Waals surface area contributed by atoms with Gasteiger partial charge in [-0.2, -0.15) is 11.8 Å². The summed E-state index contributed by atoms with van der Waals surface area (Å²) < 4.78 is 0. The van der Waals surface area contributed by atoms with Crippen LogP contribution in [-0.4, -0.2) is 33.6 Å². The minimum absolute atomic E-state index is 0.498. The van der Waals surface area contributed by atoms with Crippen LogP contribution in [0.5, 0.6) is 0 Å². The Kier molecular flexibility index (Phi) is 12.1. The molecule has 0 aromatic carbocycles. The van der Waals surface area contributed by atoms with Gasteiger partial charge in [0.2, 0.25) is 0 Å². The largest absolute Gasteiger partial charge is 0.480 e. The number of carboxylic acid groups (broad SMARTS) is 1. The molecule has 0 saturated carbocycles. The molecule has 0 radical (unpaired) electrons. The number of hydrogen-bond donors (Lipinski definition) is 2. The van der Waals surface area contributed by atoms with Crippen molar-refractivity contribution in [1.82, 2.24) is 4.98 Å². The Morgan fingerprint density at radius 2 is 1.76 bits per heavy atom. The summed E-state index contributed by atoms with van der Waals surface area (Å²) in [6, 6.07) is 4.92. The molecule has 0 saturated heterocycles. The van der Waals surface area contributed by atoms with E-state index in [9.17, 15) is 9.90 Å². The van der Waals surface area contributed by atoms with E-state index in [0.29, 0.717) is 11.6 Å². The van der Waals surface area contributed by atoms with E-state index in [0.717, 1.165) is 37.1 Å². The summed E-state index contributed by atoms with van der Waals surface area (Å²) >= 11 is 1.63. The number of pyridine rings is 1. The topological polar surface area (TPSA) is 62.2 Å². The second-order valence-electron chi connectivity index (χ2n) is 7.70. The third-order valence-electron chi connectivity index (χ3n) is 4.47. The quantitative estimate of drug-likeness (QED) is 0.287. The number of rotatable bonds is 13. The Hall–Kier alpha value is -2.01. The minimum Gasteiger partial charge on any atom is -0.480 e. The number of aryl methyl sites for hydroxylation is 1. The molecule has 1 heterocycles. The Morgan fingerprint density at radius 3 is 2.38 bits per heavy atom. The molecule has 0 aliphatic carbocycles. The number of aliphatic carboxylic acids is 1. The SMILES string of the molecule is CC(C)=CCCC(C)=CCCC(C)=CCSCC(Nc1cccc(C)n1)C(=O)O. The molecular weight excluding hydrogens is 380 g/mol. The molecule has 0 spiro atoms. The second-order valence-corrected chi connectivity index (χ2v) is 8.77. The maximum Gasteiger partial charge on any atom is 0.327 e. The highest BCUT2D eigenvalue weighted by Crippen LogP contribution is 2.14. The maximum atomic E-state index is 11.5. The van der Waals surface area contributed by atoms with E-state index < -0.39 is 12.0 Å². The third-order valence-corrected chi connectivity index (χ3v) is 5.44. The molecule has 1 atom stereocenters. The van der Waals surface area contributed by atoms with E-state index in [2.05, 4.69) is 56.2 Å². The Bertz CT molecular complexity index is 734. The minimum atomic E-state index is -0.852. The normalized spacial score (nSPS) is 13.1. The molecule has 0 aliphatic heterocycles. The first-order valence-electron chi connectivity index (χ1n) is 10.2. The lowest BCUT2D eigenvalue weighted by Gasteiger charge is -2.14. The van der Waals surface area contributed by atoms with E-state index >= 15 is 0 Å². The summed E-state index contributed by atoms with van der Waals surface area (Å²) in [4.78, 5) is 15.8. The monoisotopic (exact) mass is 416 g/mol. The number of nitrogens with one attached hydrogen (secondary N) is 1.